The van der Waals surface area contributed by atoms with Crippen LogP contribution in [0.2, 0.25) is 0 Å². The number of hydrogen-bond donors (Lipinski definition) is 0. The highest BCUT2D eigenvalue weighted by atomic mass is 16.5. The van der Waals surface area contributed by atoms with E-state index in [-0.39, 0.29) is 11.7 Å². The van der Waals surface area contributed by atoms with E-state index in [1.54, 1.807) is 7.11 Å². The van der Waals surface area contributed by atoms with E-state index in [4.69, 9.17) is 14.0 Å². The Morgan fingerprint density at radius 1 is 1.18 bits per heavy atom. The van der Waals surface area contributed by atoms with Gasteiger partial charge < -0.3 is 14.0 Å². The Morgan fingerprint density at radius 2 is 2.00 bits per heavy atom. The van der Waals surface area contributed by atoms with Gasteiger partial charge in [0.1, 0.15) is 17.2 Å². The van der Waals surface area contributed by atoms with Crippen molar-refractivity contribution >= 4 is 5.78 Å². The number of Topliss-reactive ketones (excluding diaryl/α,β-unsaturated/α-hetero) is 1. The number of carbonyl (C=O) groups excluding carboxylic acids is 1. The SMILES string of the molecule is COc1cccc2c1-c1noc3c1[C@](OCc1ccccc1)(C[C@@H](C)C3)C2=O. The van der Waals surface area contributed by atoms with Crippen LogP contribution in [-0.2, 0) is 23.4 Å². The number of aromatic nitrogens is 1. The largest absolute Gasteiger partial charge is 0.496 e. The Labute approximate surface area is 163 Å². The van der Waals surface area contributed by atoms with Crippen LogP contribution in [-0.4, -0.2) is 18.0 Å². The number of ketones is 1. The number of ether oxygens (including phenoxy) is 2. The first kappa shape index (κ1) is 17.2. The van der Waals surface area contributed by atoms with Crippen LogP contribution in [0.1, 0.15) is 40.6 Å². The van der Waals surface area contributed by atoms with E-state index in [9.17, 15) is 4.79 Å². The lowest BCUT2D eigenvalue weighted by Crippen LogP contribution is -2.46. The van der Waals surface area contributed by atoms with E-state index >= 15 is 0 Å². The van der Waals surface area contributed by atoms with Gasteiger partial charge in [-0.15, -0.1) is 0 Å². The van der Waals surface area contributed by atoms with Crippen molar-refractivity contribution in [3.05, 3.63) is 71.0 Å². The van der Waals surface area contributed by atoms with Gasteiger partial charge in [0.25, 0.3) is 0 Å². The molecule has 0 fully saturated rings. The normalized spacial score (nSPS) is 22.5. The molecule has 2 atom stereocenters. The first-order chi connectivity index (χ1) is 13.6. The number of benzene rings is 2. The summed E-state index contributed by atoms with van der Waals surface area (Å²) in [6, 6.07) is 15.4. The van der Waals surface area contributed by atoms with Crippen molar-refractivity contribution < 1.29 is 18.8 Å². The van der Waals surface area contributed by atoms with Gasteiger partial charge in [-0.25, -0.2) is 0 Å². The summed E-state index contributed by atoms with van der Waals surface area (Å²) >= 11 is 0. The van der Waals surface area contributed by atoms with Crippen LogP contribution in [0.5, 0.6) is 5.75 Å². The standard InChI is InChI=1S/C23H21NO4/c1-14-11-18-20-21(24-28-18)19-16(9-6-10-17(19)26-2)22(25)23(20,12-14)27-13-15-7-4-3-5-8-15/h3-10,14H,11-13H2,1-2H3/t14-,23+/m0/s1. The molecule has 0 radical (unpaired) electrons. The second-order valence-electron chi connectivity index (χ2n) is 7.66. The van der Waals surface area contributed by atoms with Crippen LogP contribution in [0.4, 0.5) is 0 Å². The van der Waals surface area contributed by atoms with Crippen molar-refractivity contribution in [1.82, 2.24) is 5.16 Å². The van der Waals surface area contributed by atoms with Gasteiger partial charge in [0.05, 0.1) is 24.8 Å². The highest BCUT2D eigenvalue weighted by Crippen LogP contribution is 2.53. The van der Waals surface area contributed by atoms with E-state index in [2.05, 4.69) is 12.1 Å². The van der Waals surface area contributed by atoms with Gasteiger partial charge in [-0.3, -0.25) is 4.79 Å². The van der Waals surface area contributed by atoms with Crippen LogP contribution < -0.4 is 4.74 Å². The zero-order chi connectivity index (χ0) is 19.3. The molecule has 5 heteroatoms. The summed E-state index contributed by atoms with van der Waals surface area (Å²) in [6.07, 6.45) is 1.35. The van der Waals surface area contributed by atoms with E-state index in [0.29, 0.717) is 35.6 Å². The average Bonchev–Trinajstić information content (AvgIpc) is 3.15. The summed E-state index contributed by atoms with van der Waals surface area (Å²) in [5.74, 6) is 1.57. The third-order valence-electron chi connectivity index (χ3n) is 5.76. The molecule has 0 saturated heterocycles. The van der Waals surface area contributed by atoms with Gasteiger partial charge in [0.2, 0.25) is 0 Å². The molecule has 3 aromatic rings. The first-order valence-corrected chi connectivity index (χ1v) is 9.53. The molecule has 5 nitrogen and oxygen atoms in total. The molecular weight excluding hydrogens is 354 g/mol. The predicted octanol–water partition coefficient (Wildman–Crippen LogP) is 4.54. The highest BCUT2D eigenvalue weighted by molar-refractivity contribution is 6.12. The summed E-state index contributed by atoms with van der Waals surface area (Å²) in [7, 11) is 1.60. The highest BCUT2D eigenvalue weighted by Gasteiger charge is 2.55. The molecule has 28 heavy (non-hydrogen) atoms. The minimum atomic E-state index is -1.07. The van der Waals surface area contributed by atoms with E-state index < -0.39 is 5.60 Å². The number of carbonyl (C=O) groups is 1. The number of rotatable bonds is 4. The van der Waals surface area contributed by atoms with E-state index in [1.165, 1.54) is 0 Å². The fourth-order valence-corrected chi connectivity index (χ4v) is 4.57. The summed E-state index contributed by atoms with van der Waals surface area (Å²) in [6.45, 7) is 2.47. The van der Waals surface area contributed by atoms with Crippen molar-refractivity contribution in [2.45, 2.75) is 32.0 Å². The van der Waals surface area contributed by atoms with Crippen molar-refractivity contribution in [2.75, 3.05) is 7.11 Å². The van der Waals surface area contributed by atoms with Crippen molar-refractivity contribution in [3.8, 4) is 17.0 Å². The van der Waals surface area contributed by atoms with Crippen LogP contribution in [0, 0.1) is 5.92 Å². The van der Waals surface area contributed by atoms with E-state index in [0.717, 1.165) is 23.3 Å². The molecule has 0 amide bonds. The lowest BCUT2D eigenvalue weighted by atomic mass is 9.68. The van der Waals surface area contributed by atoms with Gasteiger partial charge in [0, 0.05) is 12.0 Å². The van der Waals surface area contributed by atoms with Gasteiger partial charge in [0.15, 0.2) is 11.4 Å². The molecule has 142 valence electrons. The number of hydrogen-bond acceptors (Lipinski definition) is 5. The average molecular weight is 375 g/mol. The van der Waals surface area contributed by atoms with Crippen molar-refractivity contribution in [2.24, 2.45) is 5.92 Å². The molecule has 0 spiro atoms. The zero-order valence-corrected chi connectivity index (χ0v) is 15.9. The third-order valence-corrected chi connectivity index (χ3v) is 5.76. The summed E-state index contributed by atoms with van der Waals surface area (Å²) in [5, 5.41) is 4.35. The topological polar surface area (TPSA) is 61.6 Å². The number of methoxy groups -OCH3 is 1. The molecule has 0 aliphatic heterocycles. The Hall–Kier alpha value is -2.92. The number of nitrogens with zero attached hydrogens (tertiary/aromatic N) is 1. The van der Waals surface area contributed by atoms with Crippen LogP contribution in [0.15, 0.2) is 53.1 Å². The fourth-order valence-electron chi connectivity index (χ4n) is 4.57. The lowest BCUT2D eigenvalue weighted by molar-refractivity contribution is -0.0584. The van der Waals surface area contributed by atoms with Crippen LogP contribution >= 0.6 is 0 Å². The molecule has 0 saturated carbocycles. The molecule has 0 unspecified atom stereocenters. The second-order valence-corrected chi connectivity index (χ2v) is 7.66. The molecule has 1 aromatic heterocycles. The Bertz CT molecular complexity index is 1060. The summed E-state index contributed by atoms with van der Waals surface area (Å²) < 4.78 is 17.7. The molecule has 2 aromatic carbocycles. The Kier molecular flexibility index (Phi) is 3.88. The Morgan fingerprint density at radius 3 is 2.79 bits per heavy atom. The smallest absolute Gasteiger partial charge is 0.200 e. The molecule has 2 aliphatic rings. The minimum Gasteiger partial charge on any atom is -0.496 e. The van der Waals surface area contributed by atoms with Crippen LogP contribution in [0.25, 0.3) is 11.3 Å². The fraction of sp³-hybridized carbons (Fsp3) is 0.304. The monoisotopic (exact) mass is 375 g/mol. The van der Waals surface area contributed by atoms with Gasteiger partial charge >= 0.3 is 0 Å². The van der Waals surface area contributed by atoms with Gasteiger partial charge in [-0.05, 0) is 24.0 Å². The number of fused-ring (bicyclic) bond motifs is 2. The molecule has 5 rings (SSSR count). The lowest BCUT2D eigenvalue weighted by Gasteiger charge is -2.40. The summed E-state index contributed by atoms with van der Waals surface area (Å²) in [5.41, 5.74) is 2.68. The second kappa shape index (κ2) is 6.31. The first-order valence-electron chi connectivity index (χ1n) is 9.53. The minimum absolute atomic E-state index is 0.0409. The maximum Gasteiger partial charge on any atom is 0.200 e. The maximum atomic E-state index is 13.8. The van der Waals surface area contributed by atoms with Crippen molar-refractivity contribution in [1.29, 1.82) is 0 Å². The quantitative estimate of drug-likeness (QED) is 0.670. The van der Waals surface area contributed by atoms with E-state index in [1.807, 2.05) is 48.5 Å². The molecule has 2 aliphatic carbocycles. The third kappa shape index (κ3) is 2.36. The maximum absolute atomic E-state index is 13.8. The Balaban J connectivity index is 1.69. The van der Waals surface area contributed by atoms with Gasteiger partial charge in [-0.1, -0.05) is 54.5 Å². The predicted molar refractivity (Wildman–Crippen MR) is 103 cm³/mol. The summed E-state index contributed by atoms with van der Waals surface area (Å²) in [4.78, 5) is 13.8. The van der Waals surface area contributed by atoms with Crippen LogP contribution in [0.3, 0.4) is 0 Å². The zero-order valence-electron chi connectivity index (χ0n) is 15.9. The molecule has 1 heterocycles. The van der Waals surface area contributed by atoms with Crippen molar-refractivity contribution in [3.63, 3.8) is 0 Å². The molecule has 0 bridgehead atoms. The van der Waals surface area contributed by atoms with Gasteiger partial charge in [-0.2, -0.15) is 0 Å². The molecule has 0 N–H and O–H groups in total. The molecular formula is C23H21NO4.